The number of nitrogens with two attached hydrogens (primary N) is 1. The van der Waals surface area contributed by atoms with E-state index in [0.717, 1.165) is 58.1 Å². The van der Waals surface area contributed by atoms with Crippen LogP contribution < -0.4 is 16.4 Å². The van der Waals surface area contributed by atoms with Crippen molar-refractivity contribution in [1.29, 1.82) is 0 Å². The summed E-state index contributed by atoms with van der Waals surface area (Å²) in [4.78, 5) is 58.0. The Bertz CT molecular complexity index is 1740. The molecule has 1 unspecified atom stereocenters. The van der Waals surface area contributed by atoms with Crippen LogP contribution in [0.3, 0.4) is 0 Å². The predicted octanol–water partition coefficient (Wildman–Crippen LogP) is 5.83. The number of aldehydes is 1. The van der Waals surface area contributed by atoms with Gasteiger partial charge in [-0.2, -0.15) is 0 Å². The monoisotopic (exact) mass is 692 g/mol. The minimum Gasteiger partial charge on any atom is -0.333 e. The number of nitrogens with zero attached hydrogens (tertiary/aromatic N) is 3. The molecule has 0 bridgehead atoms. The van der Waals surface area contributed by atoms with Crippen molar-refractivity contribution in [3.8, 4) is 0 Å². The van der Waals surface area contributed by atoms with Gasteiger partial charge in [0.05, 0.1) is 23.8 Å². The molecule has 270 valence electrons. The summed E-state index contributed by atoms with van der Waals surface area (Å²) in [6.07, 6.45) is 8.61. The molecule has 1 heterocycles. The van der Waals surface area contributed by atoms with Crippen molar-refractivity contribution in [2.24, 2.45) is 11.7 Å². The van der Waals surface area contributed by atoms with E-state index in [2.05, 4.69) is 16.4 Å². The quantitative estimate of drug-likeness (QED) is 0.118. The standard InChI is InChI=1S/C40H47N5O4.CH5N/c1-29-25-35(42-39(48)20-13-30-7-3-4-8-30)18-16-34(29)26-38(37-19-17-32-9-5-6-10-36(32)43-37)45(28-47)27-31-11-14-33(15-12-31)40(49)44(23-24-46)22-21-41-2;1-2/h5-6,9-12,14-19,24-25,28,30,38,41H,3-4,7-8,13,20-23,26-27H2,1-2H3,(H,42,48);2H2,1H3. The van der Waals surface area contributed by atoms with E-state index in [1.54, 1.807) is 24.1 Å². The number of likely N-dealkylation sites (N-methyl/N-ethyl adjacent to an activating group) is 1. The molecule has 5 rings (SSSR count). The number of hydrogen-bond acceptors (Lipinski definition) is 7. The maximum atomic E-state index is 13.1. The van der Waals surface area contributed by atoms with E-state index in [9.17, 15) is 19.2 Å². The number of rotatable bonds is 17. The Morgan fingerprint density at radius 3 is 2.41 bits per heavy atom. The predicted molar refractivity (Wildman–Crippen MR) is 203 cm³/mol. The van der Waals surface area contributed by atoms with Crippen LogP contribution in [-0.4, -0.2) is 73.0 Å². The third kappa shape index (κ3) is 11.0. The van der Waals surface area contributed by atoms with Gasteiger partial charge in [-0.15, -0.1) is 0 Å². The summed E-state index contributed by atoms with van der Waals surface area (Å²) in [6.45, 7) is 3.35. The van der Waals surface area contributed by atoms with Gasteiger partial charge >= 0.3 is 0 Å². The lowest BCUT2D eigenvalue weighted by molar-refractivity contribution is -0.121. The molecule has 3 aromatic carbocycles. The van der Waals surface area contributed by atoms with Gasteiger partial charge in [-0.05, 0) is 92.9 Å². The van der Waals surface area contributed by atoms with Crippen LogP contribution in [0, 0.1) is 12.8 Å². The zero-order valence-corrected chi connectivity index (χ0v) is 30.1. The third-order valence-electron chi connectivity index (χ3n) is 9.57. The highest BCUT2D eigenvalue weighted by molar-refractivity contribution is 5.95. The second kappa shape index (κ2) is 20.1. The maximum Gasteiger partial charge on any atom is 0.254 e. The number of aromatic nitrogens is 1. The van der Waals surface area contributed by atoms with Gasteiger partial charge < -0.3 is 31.0 Å². The molecular weight excluding hydrogens is 640 g/mol. The van der Waals surface area contributed by atoms with Gasteiger partial charge in [0.15, 0.2) is 0 Å². The van der Waals surface area contributed by atoms with Crippen LogP contribution in [0.15, 0.2) is 78.9 Å². The summed E-state index contributed by atoms with van der Waals surface area (Å²) < 4.78 is 0. The number of nitrogens with one attached hydrogen (secondary N) is 2. The second-order valence-electron chi connectivity index (χ2n) is 13.0. The molecule has 10 nitrogen and oxygen atoms in total. The summed E-state index contributed by atoms with van der Waals surface area (Å²) in [7, 11) is 3.30. The fourth-order valence-electron chi connectivity index (χ4n) is 6.71. The van der Waals surface area contributed by atoms with Gasteiger partial charge in [-0.3, -0.25) is 19.4 Å². The van der Waals surface area contributed by atoms with E-state index in [1.807, 2.05) is 73.7 Å². The van der Waals surface area contributed by atoms with Gasteiger partial charge in [0.1, 0.15) is 6.29 Å². The molecule has 3 amide bonds. The average Bonchev–Trinajstić information content (AvgIpc) is 3.69. The molecule has 1 aromatic heterocycles. The van der Waals surface area contributed by atoms with E-state index >= 15 is 0 Å². The molecule has 0 aliphatic heterocycles. The molecule has 0 saturated heterocycles. The molecule has 1 aliphatic rings. The molecule has 10 heteroatoms. The fourth-order valence-corrected chi connectivity index (χ4v) is 6.71. The molecular formula is C41H52N6O4. The first-order chi connectivity index (χ1) is 24.9. The zero-order chi connectivity index (χ0) is 36.6. The first-order valence-electron chi connectivity index (χ1n) is 17.9. The molecule has 1 fully saturated rings. The number of para-hydroxylation sites is 1. The second-order valence-corrected chi connectivity index (χ2v) is 13.0. The highest BCUT2D eigenvalue weighted by Crippen LogP contribution is 2.30. The van der Waals surface area contributed by atoms with E-state index in [4.69, 9.17) is 4.98 Å². The largest absolute Gasteiger partial charge is 0.333 e. The molecule has 0 spiro atoms. The summed E-state index contributed by atoms with van der Waals surface area (Å²) in [6, 6.07) is 24.7. The number of hydrogen-bond donors (Lipinski definition) is 3. The van der Waals surface area contributed by atoms with E-state index in [0.29, 0.717) is 44.0 Å². The van der Waals surface area contributed by atoms with Gasteiger partial charge in [0.25, 0.3) is 5.91 Å². The zero-order valence-electron chi connectivity index (χ0n) is 30.1. The van der Waals surface area contributed by atoms with Gasteiger partial charge in [-0.1, -0.05) is 68.1 Å². The maximum absolute atomic E-state index is 13.1. The summed E-state index contributed by atoms with van der Waals surface area (Å²) in [5.74, 6) is 0.499. The van der Waals surface area contributed by atoms with Gasteiger partial charge in [0.2, 0.25) is 12.3 Å². The van der Waals surface area contributed by atoms with E-state index in [-0.39, 0.29) is 24.4 Å². The normalized spacial score (nSPS) is 13.2. The number of benzene rings is 3. The van der Waals surface area contributed by atoms with Crippen molar-refractivity contribution >= 4 is 41.1 Å². The van der Waals surface area contributed by atoms with E-state index in [1.165, 1.54) is 37.6 Å². The first-order valence-corrected chi connectivity index (χ1v) is 17.9. The lowest BCUT2D eigenvalue weighted by atomic mass is 9.96. The smallest absolute Gasteiger partial charge is 0.254 e. The lowest BCUT2D eigenvalue weighted by Crippen LogP contribution is -2.37. The summed E-state index contributed by atoms with van der Waals surface area (Å²) in [5.41, 5.74) is 10.3. The minimum absolute atomic E-state index is 0.0226. The Balaban J connectivity index is 0.00000286. The van der Waals surface area contributed by atoms with Crippen molar-refractivity contribution in [3.05, 3.63) is 107 Å². The number of carbonyl (C=O) groups excluding carboxylic acids is 4. The highest BCUT2D eigenvalue weighted by atomic mass is 16.2. The number of carbonyl (C=O) groups is 4. The Labute approximate surface area is 301 Å². The molecule has 0 radical (unpaired) electrons. The van der Waals surface area contributed by atoms with Crippen LogP contribution >= 0.6 is 0 Å². The number of anilines is 1. The first kappa shape index (κ1) is 38.9. The topological polar surface area (TPSA) is 138 Å². The molecule has 1 saturated carbocycles. The number of aryl methyl sites for hydroxylation is 1. The average molecular weight is 693 g/mol. The van der Waals surface area contributed by atoms with Gasteiger partial charge in [-0.25, -0.2) is 0 Å². The van der Waals surface area contributed by atoms with Crippen LogP contribution in [0.5, 0.6) is 0 Å². The molecule has 1 atom stereocenters. The van der Waals surface area contributed by atoms with Crippen LogP contribution in [-0.2, 0) is 27.3 Å². The summed E-state index contributed by atoms with van der Waals surface area (Å²) >= 11 is 0. The lowest BCUT2D eigenvalue weighted by Gasteiger charge is -2.29. The Kier molecular flexibility index (Phi) is 15.3. The number of pyridine rings is 1. The Morgan fingerprint density at radius 1 is 0.980 bits per heavy atom. The van der Waals surface area contributed by atoms with Crippen LogP contribution in [0.25, 0.3) is 10.9 Å². The van der Waals surface area contributed by atoms with Crippen molar-refractivity contribution in [2.75, 3.05) is 39.0 Å². The van der Waals surface area contributed by atoms with E-state index < -0.39 is 0 Å². The molecule has 4 aromatic rings. The van der Waals surface area contributed by atoms with Crippen LogP contribution in [0.4, 0.5) is 5.69 Å². The van der Waals surface area contributed by atoms with Crippen molar-refractivity contribution in [1.82, 2.24) is 20.1 Å². The van der Waals surface area contributed by atoms with Crippen molar-refractivity contribution in [2.45, 2.75) is 64.5 Å². The van der Waals surface area contributed by atoms with Crippen LogP contribution in [0.1, 0.15) is 77.3 Å². The SMILES string of the molecule is CN.CNCCN(CC=O)C(=O)c1ccc(CN(C=O)C(Cc2ccc(NC(=O)CCC3CCCC3)cc2C)c2ccc3ccccc3n2)cc1. The number of fused-ring (bicyclic) bond motifs is 1. The van der Waals surface area contributed by atoms with Gasteiger partial charge in [0, 0.05) is 42.7 Å². The number of amides is 3. The molecule has 51 heavy (non-hydrogen) atoms. The Hall–Kier alpha value is -4.93. The van der Waals surface area contributed by atoms with Crippen LogP contribution in [0.2, 0.25) is 0 Å². The highest BCUT2D eigenvalue weighted by Gasteiger charge is 2.24. The fraction of sp³-hybridized carbons (Fsp3) is 0.390. The van der Waals surface area contributed by atoms with Crippen molar-refractivity contribution < 1.29 is 19.2 Å². The third-order valence-corrected chi connectivity index (χ3v) is 9.57. The minimum atomic E-state index is -0.376. The summed E-state index contributed by atoms with van der Waals surface area (Å²) in [5, 5.41) is 7.10. The molecule has 4 N–H and O–H groups in total. The Morgan fingerprint density at radius 2 is 1.73 bits per heavy atom. The van der Waals surface area contributed by atoms with Crippen molar-refractivity contribution in [3.63, 3.8) is 0 Å². The molecule has 1 aliphatic carbocycles.